The second kappa shape index (κ2) is 7.26. The molecule has 0 aromatic carbocycles. The van der Waals surface area contributed by atoms with Gasteiger partial charge in [0.15, 0.2) is 0 Å². The average Bonchev–Trinajstić information content (AvgIpc) is 2.36. The largest absolute Gasteiger partial charge is 0.383 e. The molecule has 1 aromatic rings. The third-order valence-corrected chi connectivity index (χ3v) is 2.29. The van der Waals surface area contributed by atoms with Crippen LogP contribution in [0.4, 0.5) is 5.69 Å². The first-order valence-electron chi connectivity index (χ1n) is 5.89. The number of pyridine rings is 1. The van der Waals surface area contributed by atoms with E-state index in [-0.39, 0.29) is 18.9 Å². The van der Waals surface area contributed by atoms with Gasteiger partial charge in [-0.05, 0) is 12.5 Å². The first-order chi connectivity index (χ1) is 8.65. The highest BCUT2D eigenvalue weighted by Gasteiger charge is 2.10. The van der Waals surface area contributed by atoms with Crippen molar-refractivity contribution in [3.8, 4) is 0 Å². The molecule has 0 aliphatic heterocycles. The van der Waals surface area contributed by atoms with Crippen molar-refractivity contribution in [3.63, 3.8) is 0 Å². The predicted octanol–water partition coefficient (Wildman–Crippen LogP) is 0.509. The van der Waals surface area contributed by atoms with Gasteiger partial charge in [-0.2, -0.15) is 0 Å². The van der Waals surface area contributed by atoms with Gasteiger partial charge in [0.25, 0.3) is 5.91 Å². The van der Waals surface area contributed by atoms with Crippen LogP contribution in [0.15, 0.2) is 18.5 Å². The Bertz CT molecular complexity index is 420. The maximum atomic E-state index is 11.9. The molecule has 0 fully saturated rings. The van der Waals surface area contributed by atoms with Crippen molar-refractivity contribution < 1.29 is 9.59 Å². The van der Waals surface area contributed by atoms with Gasteiger partial charge in [0.1, 0.15) is 0 Å². The molecule has 6 heteroatoms. The molecular formula is C12H18N4O2. The fraction of sp³-hybridized carbons (Fsp3) is 0.417. The summed E-state index contributed by atoms with van der Waals surface area (Å²) in [6, 6.07) is 1.64. The number of nitrogens with one attached hydrogen (secondary N) is 2. The van der Waals surface area contributed by atoms with E-state index in [0.717, 1.165) is 13.0 Å². The molecule has 0 aliphatic carbocycles. The molecule has 1 heterocycles. The lowest BCUT2D eigenvalue weighted by Crippen LogP contribution is -2.28. The summed E-state index contributed by atoms with van der Waals surface area (Å²) < 4.78 is 0. The number of anilines is 1. The number of hydrogen-bond acceptors (Lipinski definition) is 4. The van der Waals surface area contributed by atoms with E-state index in [1.807, 2.05) is 6.92 Å². The molecule has 18 heavy (non-hydrogen) atoms. The summed E-state index contributed by atoms with van der Waals surface area (Å²) in [5.41, 5.74) is 6.21. The molecule has 0 bridgehead atoms. The maximum absolute atomic E-state index is 11.9. The average molecular weight is 250 g/mol. The normalized spacial score (nSPS) is 9.83. The molecule has 98 valence electrons. The predicted molar refractivity (Wildman–Crippen MR) is 69.2 cm³/mol. The zero-order valence-electron chi connectivity index (χ0n) is 10.4. The third-order valence-electron chi connectivity index (χ3n) is 2.29. The van der Waals surface area contributed by atoms with Crippen molar-refractivity contribution >= 4 is 17.5 Å². The summed E-state index contributed by atoms with van der Waals surface area (Å²) >= 11 is 0. The standard InChI is InChI=1S/C12H18N4O2/c1-2-5-15-10-8-14-6-3-9(10)12(18)16-7-4-11(13)17/h3,6,8,15H,2,4-5,7H2,1H3,(H2,13,17)(H,16,18). The summed E-state index contributed by atoms with van der Waals surface area (Å²) in [6.45, 7) is 3.05. The van der Waals surface area contributed by atoms with Crippen molar-refractivity contribution in [2.24, 2.45) is 5.73 Å². The highest BCUT2D eigenvalue weighted by molar-refractivity contribution is 5.99. The molecule has 6 nitrogen and oxygen atoms in total. The number of nitrogens with zero attached hydrogens (tertiary/aromatic N) is 1. The Hall–Kier alpha value is -2.11. The Balaban J connectivity index is 2.63. The van der Waals surface area contributed by atoms with E-state index in [2.05, 4.69) is 15.6 Å². The molecule has 0 spiro atoms. The molecule has 0 aliphatic rings. The minimum Gasteiger partial charge on any atom is -0.383 e. The van der Waals surface area contributed by atoms with Crippen LogP contribution in [-0.2, 0) is 4.79 Å². The number of rotatable bonds is 7. The maximum Gasteiger partial charge on any atom is 0.253 e. The molecular weight excluding hydrogens is 232 g/mol. The SMILES string of the molecule is CCCNc1cnccc1C(=O)NCCC(N)=O. The number of aromatic nitrogens is 1. The van der Waals surface area contributed by atoms with Gasteiger partial charge in [-0.25, -0.2) is 0 Å². The lowest BCUT2D eigenvalue weighted by molar-refractivity contribution is -0.117. The van der Waals surface area contributed by atoms with Gasteiger partial charge < -0.3 is 16.4 Å². The zero-order chi connectivity index (χ0) is 13.4. The molecule has 0 atom stereocenters. The molecule has 1 rings (SSSR count). The van der Waals surface area contributed by atoms with Crippen molar-refractivity contribution in [2.45, 2.75) is 19.8 Å². The van der Waals surface area contributed by atoms with E-state index in [9.17, 15) is 9.59 Å². The van der Waals surface area contributed by atoms with Crippen LogP contribution in [0.2, 0.25) is 0 Å². The summed E-state index contributed by atoms with van der Waals surface area (Å²) in [5, 5.41) is 5.77. The Morgan fingerprint density at radius 3 is 2.83 bits per heavy atom. The minimum absolute atomic E-state index is 0.133. The molecule has 2 amide bonds. The summed E-state index contributed by atoms with van der Waals surface area (Å²) in [6.07, 6.45) is 4.25. The van der Waals surface area contributed by atoms with E-state index in [4.69, 9.17) is 5.73 Å². The quantitative estimate of drug-likeness (QED) is 0.656. The molecule has 0 saturated heterocycles. The smallest absolute Gasteiger partial charge is 0.253 e. The Morgan fingerprint density at radius 2 is 2.17 bits per heavy atom. The highest BCUT2D eigenvalue weighted by atomic mass is 16.2. The number of carbonyl (C=O) groups is 2. The third kappa shape index (κ3) is 4.40. The van der Waals surface area contributed by atoms with Crippen LogP contribution in [0.5, 0.6) is 0 Å². The lowest BCUT2D eigenvalue weighted by Gasteiger charge is -2.10. The van der Waals surface area contributed by atoms with Crippen molar-refractivity contribution in [2.75, 3.05) is 18.4 Å². The van der Waals surface area contributed by atoms with Crippen LogP contribution < -0.4 is 16.4 Å². The van der Waals surface area contributed by atoms with Crippen LogP contribution in [0, 0.1) is 0 Å². The monoisotopic (exact) mass is 250 g/mol. The van der Waals surface area contributed by atoms with E-state index in [1.165, 1.54) is 0 Å². The fourth-order valence-electron chi connectivity index (χ4n) is 1.39. The number of carbonyl (C=O) groups excluding carboxylic acids is 2. The van der Waals surface area contributed by atoms with Crippen LogP contribution in [0.1, 0.15) is 30.1 Å². The van der Waals surface area contributed by atoms with E-state index >= 15 is 0 Å². The van der Waals surface area contributed by atoms with Crippen LogP contribution in [0.25, 0.3) is 0 Å². The van der Waals surface area contributed by atoms with Gasteiger partial charge >= 0.3 is 0 Å². The van der Waals surface area contributed by atoms with Crippen molar-refractivity contribution in [1.29, 1.82) is 0 Å². The van der Waals surface area contributed by atoms with Gasteiger partial charge in [-0.3, -0.25) is 14.6 Å². The number of nitrogens with two attached hydrogens (primary N) is 1. The summed E-state index contributed by atoms with van der Waals surface area (Å²) in [4.78, 5) is 26.4. The molecule has 0 saturated carbocycles. The highest BCUT2D eigenvalue weighted by Crippen LogP contribution is 2.12. The number of amides is 2. The first-order valence-corrected chi connectivity index (χ1v) is 5.89. The van der Waals surface area contributed by atoms with Crippen molar-refractivity contribution in [3.05, 3.63) is 24.0 Å². The number of hydrogen-bond donors (Lipinski definition) is 3. The minimum atomic E-state index is -0.436. The molecule has 1 aromatic heterocycles. The lowest BCUT2D eigenvalue weighted by atomic mass is 10.2. The van der Waals surface area contributed by atoms with Gasteiger partial charge in [-0.1, -0.05) is 6.92 Å². The van der Waals surface area contributed by atoms with Gasteiger partial charge in [-0.15, -0.1) is 0 Å². The van der Waals surface area contributed by atoms with Gasteiger partial charge in [0.2, 0.25) is 5.91 Å². The zero-order valence-corrected chi connectivity index (χ0v) is 10.4. The second-order valence-corrected chi connectivity index (χ2v) is 3.82. The van der Waals surface area contributed by atoms with Crippen LogP contribution in [-0.4, -0.2) is 29.9 Å². The Labute approximate surface area is 106 Å². The van der Waals surface area contributed by atoms with Crippen LogP contribution >= 0.6 is 0 Å². The molecule has 0 radical (unpaired) electrons. The Morgan fingerprint density at radius 1 is 1.39 bits per heavy atom. The van der Waals surface area contributed by atoms with E-state index < -0.39 is 5.91 Å². The van der Waals surface area contributed by atoms with Gasteiger partial charge in [0, 0.05) is 25.7 Å². The van der Waals surface area contributed by atoms with E-state index in [0.29, 0.717) is 11.3 Å². The van der Waals surface area contributed by atoms with Gasteiger partial charge in [0.05, 0.1) is 17.4 Å². The molecule has 4 N–H and O–H groups in total. The summed E-state index contributed by atoms with van der Waals surface area (Å²) in [7, 11) is 0. The van der Waals surface area contributed by atoms with Crippen molar-refractivity contribution in [1.82, 2.24) is 10.3 Å². The molecule has 0 unspecified atom stereocenters. The Kier molecular flexibility index (Phi) is 5.63. The van der Waals surface area contributed by atoms with Crippen LogP contribution in [0.3, 0.4) is 0 Å². The number of primary amides is 1. The first kappa shape index (κ1) is 14.0. The summed E-state index contributed by atoms with van der Waals surface area (Å²) in [5.74, 6) is -0.674. The fourth-order valence-corrected chi connectivity index (χ4v) is 1.39. The second-order valence-electron chi connectivity index (χ2n) is 3.82. The van der Waals surface area contributed by atoms with E-state index in [1.54, 1.807) is 18.5 Å². The topological polar surface area (TPSA) is 97.1 Å².